The minimum Gasteiger partial charge on any atom is -0.467 e. The van der Waals surface area contributed by atoms with Gasteiger partial charge in [0, 0.05) is 43.6 Å². The Bertz CT molecular complexity index is 655. The van der Waals surface area contributed by atoms with E-state index in [1.165, 1.54) is 18.3 Å². The highest BCUT2D eigenvalue weighted by Crippen LogP contribution is 2.30. The van der Waals surface area contributed by atoms with Crippen molar-refractivity contribution in [1.82, 2.24) is 15.0 Å². The smallest absolute Gasteiger partial charge is 0.433 e. The number of rotatable bonds is 3. The predicted octanol–water partition coefficient (Wildman–Crippen LogP) is 3.31. The van der Waals surface area contributed by atoms with E-state index in [4.69, 9.17) is 4.74 Å². The zero-order valence-electron chi connectivity index (χ0n) is 12.4. The molecule has 124 valence electrons. The molecule has 5 nitrogen and oxygen atoms in total. The van der Waals surface area contributed by atoms with Crippen molar-refractivity contribution in [2.24, 2.45) is 0 Å². The fourth-order valence-corrected chi connectivity index (χ4v) is 3.02. The highest BCUT2D eigenvalue weighted by atomic mass is 32.1. The minimum absolute atomic E-state index is 0.0300. The third-order valence-corrected chi connectivity index (χ3v) is 4.22. The van der Waals surface area contributed by atoms with Crippen molar-refractivity contribution in [3.8, 4) is 5.19 Å². The van der Waals surface area contributed by atoms with Crippen LogP contribution in [0.4, 0.5) is 19.0 Å². The van der Waals surface area contributed by atoms with Gasteiger partial charge in [0.2, 0.25) is 0 Å². The van der Waals surface area contributed by atoms with Gasteiger partial charge in [-0.2, -0.15) is 13.2 Å². The van der Waals surface area contributed by atoms with Crippen molar-refractivity contribution in [2.75, 3.05) is 18.0 Å². The van der Waals surface area contributed by atoms with E-state index in [-0.39, 0.29) is 11.9 Å². The minimum atomic E-state index is -4.46. The van der Waals surface area contributed by atoms with Gasteiger partial charge in [-0.1, -0.05) is 11.3 Å². The molecule has 2 aromatic rings. The van der Waals surface area contributed by atoms with Crippen molar-refractivity contribution in [2.45, 2.75) is 32.0 Å². The molecular formula is C14H15F3N4OS. The van der Waals surface area contributed by atoms with Crippen LogP contribution >= 0.6 is 11.3 Å². The van der Waals surface area contributed by atoms with Crippen LogP contribution in [0, 0.1) is 6.92 Å². The van der Waals surface area contributed by atoms with Crippen LogP contribution in [0.2, 0.25) is 0 Å². The summed E-state index contributed by atoms with van der Waals surface area (Å²) in [5.74, 6) is 0.438. The molecule has 0 bridgehead atoms. The van der Waals surface area contributed by atoms with E-state index in [0.29, 0.717) is 36.9 Å². The first-order valence-corrected chi connectivity index (χ1v) is 8.04. The molecule has 3 heterocycles. The quantitative estimate of drug-likeness (QED) is 0.855. The van der Waals surface area contributed by atoms with Crippen LogP contribution in [0.15, 0.2) is 17.6 Å². The molecule has 1 fully saturated rings. The van der Waals surface area contributed by atoms with Crippen molar-refractivity contribution in [3.05, 3.63) is 29.2 Å². The number of aryl methyl sites for hydroxylation is 1. The summed E-state index contributed by atoms with van der Waals surface area (Å²) in [4.78, 5) is 13.5. The maximum Gasteiger partial charge on any atom is 0.433 e. The fourth-order valence-electron chi connectivity index (χ4n) is 2.47. The van der Waals surface area contributed by atoms with E-state index in [1.807, 2.05) is 10.3 Å². The van der Waals surface area contributed by atoms with Crippen LogP contribution in [0.1, 0.15) is 24.4 Å². The molecule has 0 radical (unpaired) electrons. The Hall–Kier alpha value is -1.90. The van der Waals surface area contributed by atoms with Crippen molar-refractivity contribution in [3.63, 3.8) is 0 Å². The SMILES string of the molecule is Cc1nc(N2CCC(Oc3nccs3)CC2)cc(C(F)(F)F)n1. The first kappa shape index (κ1) is 16.0. The average molecular weight is 344 g/mol. The number of anilines is 1. The number of aromatic nitrogens is 3. The summed E-state index contributed by atoms with van der Waals surface area (Å²) in [6.45, 7) is 2.64. The first-order valence-electron chi connectivity index (χ1n) is 7.16. The molecule has 23 heavy (non-hydrogen) atoms. The molecule has 0 saturated carbocycles. The third-order valence-electron chi connectivity index (χ3n) is 3.56. The van der Waals surface area contributed by atoms with E-state index >= 15 is 0 Å². The summed E-state index contributed by atoms with van der Waals surface area (Å²) >= 11 is 1.43. The monoisotopic (exact) mass is 344 g/mol. The van der Waals surface area contributed by atoms with Gasteiger partial charge >= 0.3 is 6.18 Å². The lowest BCUT2D eigenvalue weighted by Gasteiger charge is -2.32. The number of thiazole rings is 1. The Kier molecular flexibility index (Phi) is 4.38. The first-order chi connectivity index (χ1) is 10.9. The molecule has 0 atom stereocenters. The lowest BCUT2D eigenvalue weighted by Crippen LogP contribution is -2.39. The van der Waals surface area contributed by atoms with Crippen LogP contribution in [0.25, 0.3) is 0 Å². The number of ether oxygens (including phenoxy) is 1. The van der Waals surface area contributed by atoms with E-state index in [2.05, 4.69) is 15.0 Å². The Balaban J connectivity index is 1.66. The summed E-state index contributed by atoms with van der Waals surface area (Å²) in [6, 6.07) is 1.01. The zero-order chi connectivity index (χ0) is 16.4. The van der Waals surface area contributed by atoms with Gasteiger partial charge in [0.25, 0.3) is 5.19 Å². The number of halogens is 3. The van der Waals surface area contributed by atoms with Gasteiger partial charge in [-0.3, -0.25) is 0 Å². The number of nitrogens with zero attached hydrogens (tertiary/aromatic N) is 4. The van der Waals surface area contributed by atoms with Gasteiger partial charge in [0.15, 0.2) is 0 Å². The normalized spacial score (nSPS) is 16.6. The van der Waals surface area contributed by atoms with Crippen LogP contribution in [0.5, 0.6) is 5.19 Å². The number of alkyl halides is 3. The highest BCUT2D eigenvalue weighted by Gasteiger charge is 2.34. The molecule has 9 heteroatoms. The van der Waals surface area contributed by atoms with Gasteiger partial charge in [-0.25, -0.2) is 15.0 Å². The van der Waals surface area contributed by atoms with Crippen LogP contribution < -0.4 is 9.64 Å². The van der Waals surface area contributed by atoms with Crippen molar-refractivity contribution in [1.29, 1.82) is 0 Å². The number of hydrogen-bond acceptors (Lipinski definition) is 6. The molecule has 2 aromatic heterocycles. The molecule has 0 unspecified atom stereocenters. The summed E-state index contributed by atoms with van der Waals surface area (Å²) in [5.41, 5.74) is -0.902. The van der Waals surface area contributed by atoms with Crippen molar-refractivity contribution >= 4 is 17.2 Å². The molecule has 3 rings (SSSR count). The molecule has 0 aliphatic carbocycles. The second-order valence-electron chi connectivity index (χ2n) is 5.26. The standard InChI is InChI=1S/C14H15F3N4OS/c1-9-19-11(14(15,16)17)8-12(20-9)21-5-2-10(3-6-21)22-13-18-4-7-23-13/h4,7-8,10H,2-3,5-6H2,1H3. The molecule has 0 N–H and O–H groups in total. The van der Waals surface area contributed by atoms with E-state index in [9.17, 15) is 13.2 Å². The van der Waals surface area contributed by atoms with Gasteiger partial charge in [0.05, 0.1) is 0 Å². The van der Waals surface area contributed by atoms with Gasteiger partial charge in [0.1, 0.15) is 23.4 Å². The maximum atomic E-state index is 12.9. The summed E-state index contributed by atoms with van der Waals surface area (Å²) in [5, 5.41) is 2.47. The lowest BCUT2D eigenvalue weighted by atomic mass is 10.1. The largest absolute Gasteiger partial charge is 0.467 e. The summed E-state index contributed by atoms with van der Waals surface area (Å²) < 4.78 is 44.3. The second-order valence-corrected chi connectivity index (χ2v) is 6.12. The Labute approximate surface area is 135 Å². The summed E-state index contributed by atoms with van der Waals surface area (Å²) in [6.07, 6.45) is -1.33. The lowest BCUT2D eigenvalue weighted by molar-refractivity contribution is -0.141. The average Bonchev–Trinajstić information content (AvgIpc) is 2.99. The van der Waals surface area contributed by atoms with Crippen LogP contribution in [0.3, 0.4) is 0 Å². The second kappa shape index (κ2) is 6.31. The molecule has 0 amide bonds. The van der Waals surface area contributed by atoms with Crippen LogP contribution in [-0.4, -0.2) is 34.1 Å². The molecule has 1 aliphatic heterocycles. The predicted molar refractivity (Wildman–Crippen MR) is 79.7 cm³/mol. The zero-order valence-corrected chi connectivity index (χ0v) is 13.2. The molecule has 0 spiro atoms. The fraction of sp³-hybridized carbons (Fsp3) is 0.500. The van der Waals surface area contributed by atoms with Crippen molar-refractivity contribution < 1.29 is 17.9 Å². The highest BCUT2D eigenvalue weighted by molar-refractivity contribution is 7.11. The van der Waals surface area contributed by atoms with E-state index < -0.39 is 11.9 Å². The Morgan fingerprint density at radius 3 is 2.61 bits per heavy atom. The molecule has 1 aliphatic rings. The summed E-state index contributed by atoms with van der Waals surface area (Å²) in [7, 11) is 0. The van der Waals surface area contributed by atoms with Crippen LogP contribution in [-0.2, 0) is 6.18 Å². The molecule has 1 saturated heterocycles. The third kappa shape index (κ3) is 3.90. The molecule has 0 aromatic carbocycles. The van der Waals surface area contributed by atoms with Gasteiger partial charge < -0.3 is 9.64 Å². The Morgan fingerprint density at radius 2 is 2.00 bits per heavy atom. The molecular weight excluding hydrogens is 329 g/mol. The van der Waals surface area contributed by atoms with E-state index in [1.54, 1.807) is 6.20 Å². The topological polar surface area (TPSA) is 51.1 Å². The maximum absolute atomic E-state index is 12.9. The Morgan fingerprint density at radius 1 is 1.26 bits per heavy atom. The van der Waals surface area contributed by atoms with Gasteiger partial charge in [-0.05, 0) is 6.92 Å². The van der Waals surface area contributed by atoms with Gasteiger partial charge in [-0.15, -0.1) is 0 Å². The number of piperidine rings is 1. The number of hydrogen-bond donors (Lipinski definition) is 0. The van der Waals surface area contributed by atoms with E-state index in [0.717, 1.165) is 6.07 Å².